The molecule has 0 aromatic carbocycles. The van der Waals surface area contributed by atoms with E-state index in [9.17, 15) is 9.59 Å². The van der Waals surface area contributed by atoms with Gasteiger partial charge in [0.25, 0.3) is 0 Å². The quantitative estimate of drug-likeness (QED) is 0.246. The number of nitrogens with two attached hydrogens (primary N) is 1. The Hall–Kier alpha value is -1.79. The van der Waals surface area contributed by atoms with Gasteiger partial charge >= 0.3 is 5.97 Å². The van der Waals surface area contributed by atoms with Crippen LogP contribution in [0, 0.1) is 0 Å². The Morgan fingerprint density at radius 2 is 2.05 bits per heavy atom. The molecule has 120 valence electrons. The van der Waals surface area contributed by atoms with Gasteiger partial charge in [0.2, 0.25) is 5.91 Å². The Morgan fingerprint density at radius 3 is 2.62 bits per heavy atom. The van der Waals surface area contributed by atoms with Gasteiger partial charge in [0.05, 0.1) is 0 Å². The van der Waals surface area contributed by atoms with E-state index in [1.807, 2.05) is 6.92 Å². The molecule has 0 rings (SSSR count). The van der Waals surface area contributed by atoms with Crippen molar-refractivity contribution in [3.63, 3.8) is 0 Å². The Labute approximate surface area is 124 Å². The van der Waals surface area contributed by atoms with Crippen molar-refractivity contribution in [2.75, 3.05) is 19.6 Å². The summed E-state index contributed by atoms with van der Waals surface area (Å²) in [5.41, 5.74) is 13.6. The Kier molecular flexibility index (Phi) is 11.0. The van der Waals surface area contributed by atoms with E-state index in [0.717, 1.165) is 12.8 Å². The third kappa shape index (κ3) is 9.70. The molecular weight excluding hydrogens is 274 g/mol. The topological polar surface area (TPSA) is 132 Å². The fourth-order valence-corrected chi connectivity index (χ4v) is 1.93. The van der Waals surface area contributed by atoms with E-state index < -0.39 is 12.0 Å². The molecule has 21 heavy (non-hydrogen) atoms. The second-order valence-electron chi connectivity index (χ2n) is 4.88. The van der Waals surface area contributed by atoms with Gasteiger partial charge in [-0.3, -0.25) is 9.59 Å². The van der Waals surface area contributed by atoms with Crippen molar-refractivity contribution >= 4 is 11.9 Å². The van der Waals surface area contributed by atoms with Crippen LogP contribution in [0.15, 0.2) is 5.11 Å². The average Bonchev–Trinajstić information content (AvgIpc) is 2.46. The lowest BCUT2D eigenvalue weighted by Crippen LogP contribution is -2.33. The summed E-state index contributed by atoms with van der Waals surface area (Å²) in [5.74, 6) is -0.943. The molecule has 0 unspecified atom stereocenters. The smallest absolute Gasteiger partial charge is 0.320 e. The Morgan fingerprint density at radius 1 is 1.33 bits per heavy atom. The number of azide groups is 1. The molecule has 1 amide bonds. The van der Waals surface area contributed by atoms with E-state index in [4.69, 9.17) is 16.4 Å². The first-order valence-corrected chi connectivity index (χ1v) is 7.30. The molecule has 0 bridgehead atoms. The van der Waals surface area contributed by atoms with Gasteiger partial charge in [-0.2, -0.15) is 0 Å². The minimum atomic E-state index is -0.991. The van der Waals surface area contributed by atoms with Gasteiger partial charge in [-0.25, -0.2) is 0 Å². The molecule has 3 N–H and O–H groups in total. The number of unbranched alkanes of at least 4 members (excludes halogenated alkanes) is 1. The van der Waals surface area contributed by atoms with E-state index in [0.29, 0.717) is 45.3 Å². The zero-order chi connectivity index (χ0) is 16.1. The molecule has 0 saturated carbocycles. The van der Waals surface area contributed by atoms with E-state index in [2.05, 4.69) is 10.0 Å². The third-order valence-corrected chi connectivity index (χ3v) is 3.07. The first kappa shape index (κ1) is 19.2. The SMILES string of the molecule is CCCN(CCCC[C@H](N)C(=O)O)C(=O)CCCN=[N+]=[N-]. The van der Waals surface area contributed by atoms with Gasteiger partial charge in [-0.15, -0.1) is 0 Å². The van der Waals surface area contributed by atoms with Crippen molar-refractivity contribution in [1.82, 2.24) is 4.90 Å². The number of hydrogen-bond donors (Lipinski definition) is 2. The summed E-state index contributed by atoms with van der Waals surface area (Å²) in [7, 11) is 0. The van der Waals surface area contributed by atoms with Crippen molar-refractivity contribution in [3.05, 3.63) is 10.4 Å². The van der Waals surface area contributed by atoms with Crippen LogP contribution in [-0.2, 0) is 9.59 Å². The van der Waals surface area contributed by atoms with Crippen LogP contribution < -0.4 is 5.73 Å². The normalized spacial score (nSPS) is 11.5. The highest BCUT2D eigenvalue weighted by Crippen LogP contribution is 2.05. The Balaban J connectivity index is 4.02. The van der Waals surface area contributed by atoms with Crippen LogP contribution in [0.4, 0.5) is 0 Å². The molecule has 0 aromatic rings. The summed E-state index contributed by atoms with van der Waals surface area (Å²) in [6.45, 7) is 3.63. The van der Waals surface area contributed by atoms with Crippen LogP contribution >= 0.6 is 0 Å². The molecule has 8 heteroatoms. The largest absolute Gasteiger partial charge is 0.480 e. The molecule has 8 nitrogen and oxygen atoms in total. The van der Waals surface area contributed by atoms with Crippen molar-refractivity contribution < 1.29 is 14.7 Å². The summed E-state index contributed by atoms with van der Waals surface area (Å²) in [6.07, 6.45) is 3.63. The molecule has 0 heterocycles. The first-order chi connectivity index (χ1) is 10.0. The second kappa shape index (κ2) is 12.0. The number of rotatable bonds is 12. The zero-order valence-corrected chi connectivity index (χ0v) is 12.6. The molecule has 0 aromatic heterocycles. The highest BCUT2D eigenvalue weighted by Gasteiger charge is 2.13. The summed E-state index contributed by atoms with van der Waals surface area (Å²) < 4.78 is 0. The predicted octanol–water partition coefficient (Wildman–Crippen LogP) is 1.90. The summed E-state index contributed by atoms with van der Waals surface area (Å²) in [6, 6.07) is -0.829. The monoisotopic (exact) mass is 299 g/mol. The maximum Gasteiger partial charge on any atom is 0.320 e. The summed E-state index contributed by atoms with van der Waals surface area (Å²) >= 11 is 0. The highest BCUT2D eigenvalue weighted by atomic mass is 16.4. The van der Waals surface area contributed by atoms with Gasteiger partial charge < -0.3 is 15.7 Å². The number of amides is 1. The van der Waals surface area contributed by atoms with E-state index in [-0.39, 0.29) is 5.91 Å². The lowest BCUT2D eigenvalue weighted by Gasteiger charge is -2.22. The molecule has 0 radical (unpaired) electrons. The maximum absolute atomic E-state index is 12.0. The average molecular weight is 299 g/mol. The lowest BCUT2D eigenvalue weighted by molar-refractivity contribution is -0.138. The van der Waals surface area contributed by atoms with Crippen LogP contribution in [0.25, 0.3) is 10.4 Å². The van der Waals surface area contributed by atoms with E-state index >= 15 is 0 Å². The third-order valence-electron chi connectivity index (χ3n) is 3.07. The number of nitrogens with zero attached hydrogens (tertiary/aromatic N) is 4. The van der Waals surface area contributed by atoms with Crippen LogP contribution in [0.5, 0.6) is 0 Å². The molecular formula is C13H25N5O3. The number of carbonyl (C=O) groups is 2. The van der Waals surface area contributed by atoms with Crippen LogP contribution in [0.1, 0.15) is 45.4 Å². The minimum Gasteiger partial charge on any atom is -0.480 e. The molecule has 0 aliphatic rings. The molecule has 0 saturated heterocycles. The highest BCUT2D eigenvalue weighted by molar-refractivity contribution is 5.76. The zero-order valence-electron chi connectivity index (χ0n) is 12.6. The van der Waals surface area contributed by atoms with Gasteiger partial charge in [0.15, 0.2) is 0 Å². The number of carbonyl (C=O) groups excluding carboxylic acids is 1. The summed E-state index contributed by atoms with van der Waals surface area (Å²) in [5, 5.41) is 12.1. The van der Waals surface area contributed by atoms with Crippen LogP contribution in [-0.4, -0.2) is 47.6 Å². The van der Waals surface area contributed by atoms with E-state index in [1.165, 1.54) is 0 Å². The van der Waals surface area contributed by atoms with Gasteiger partial charge in [-0.1, -0.05) is 12.0 Å². The first-order valence-electron chi connectivity index (χ1n) is 7.30. The minimum absolute atomic E-state index is 0.0486. The molecule has 0 aliphatic heterocycles. The van der Waals surface area contributed by atoms with Crippen molar-refractivity contribution in [3.8, 4) is 0 Å². The molecule has 0 spiro atoms. The van der Waals surface area contributed by atoms with E-state index in [1.54, 1.807) is 4.90 Å². The number of aliphatic carboxylic acids is 1. The van der Waals surface area contributed by atoms with Crippen molar-refractivity contribution in [1.29, 1.82) is 0 Å². The second-order valence-corrected chi connectivity index (χ2v) is 4.88. The number of carboxylic acid groups (broad SMARTS) is 1. The van der Waals surface area contributed by atoms with Crippen LogP contribution in [0.2, 0.25) is 0 Å². The van der Waals surface area contributed by atoms with Crippen molar-refractivity contribution in [2.45, 2.75) is 51.5 Å². The van der Waals surface area contributed by atoms with Gasteiger partial charge in [0, 0.05) is 31.0 Å². The van der Waals surface area contributed by atoms with Gasteiger partial charge in [0.1, 0.15) is 6.04 Å². The van der Waals surface area contributed by atoms with Gasteiger partial charge in [-0.05, 0) is 37.6 Å². The predicted molar refractivity (Wildman–Crippen MR) is 79.6 cm³/mol. The Bertz CT molecular complexity index is 369. The fraction of sp³-hybridized carbons (Fsp3) is 0.846. The number of carboxylic acids is 1. The molecule has 0 fully saturated rings. The lowest BCUT2D eigenvalue weighted by atomic mass is 10.1. The molecule has 0 aliphatic carbocycles. The fourth-order valence-electron chi connectivity index (χ4n) is 1.93. The number of hydrogen-bond acceptors (Lipinski definition) is 4. The van der Waals surface area contributed by atoms with Crippen molar-refractivity contribution in [2.24, 2.45) is 10.8 Å². The maximum atomic E-state index is 12.0. The molecule has 1 atom stereocenters. The van der Waals surface area contributed by atoms with Crippen LogP contribution in [0.3, 0.4) is 0 Å². The standard InChI is InChI=1S/C13H25N5O3/c1-2-9-18(12(19)7-5-8-16-17-15)10-4-3-6-11(14)13(20)21/h11H,2-10,14H2,1H3,(H,20,21)/t11-/m0/s1. The summed E-state index contributed by atoms with van der Waals surface area (Å²) in [4.78, 5) is 27.0.